The largest absolute Gasteiger partial charge is 0.508 e. The molecule has 1 amide bonds. The molecule has 26 heavy (non-hydrogen) atoms. The molecule has 6 nitrogen and oxygen atoms in total. The molecule has 1 aliphatic heterocycles. The number of amides is 1. The number of phenolic OH excluding ortho intramolecular Hbond substituents is 1. The summed E-state index contributed by atoms with van der Waals surface area (Å²) < 4.78 is 5.20. The summed E-state index contributed by atoms with van der Waals surface area (Å²) in [5.74, 6) is 1.03. The fraction of sp³-hybridized carbons (Fsp3) is 0.250. The number of anilines is 1. The highest BCUT2D eigenvalue weighted by Crippen LogP contribution is 2.23. The smallest absolute Gasteiger partial charge is 0.270 e. The summed E-state index contributed by atoms with van der Waals surface area (Å²) in [7, 11) is 1.66. The van der Waals surface area contributed by atoms with E-state index in [2.05, 4.69) is 9.88 Å². The Labute approximate surface area is 151 Å². The molecule has 1 saturated heterocycles. The molecule has 0 bridgehead atoms. The van der Waals surface area contributed by atoms with Crippen molar-refractivity contribution in [3.63, 3.8) is 0 Å². The van der Waals surface area contributed by atoms with Gasteiger partial charge in [-0.1, -0.05) is 0 Å². The number of rotatable bonds is 3. The number of aromatic hydroxyl groups is 1. The highest BCUT2D eigenvalue weighted by molar-refractivity contribution is 5.98. The summed E-state index contributed by atoms with van der Waals surface area (Å²) in [6, 6.07) is 14.8. The first-order chi connectivity index (χ1) is 12.6. The van der Waals surface area contributed by atoms with E-state index in [1.165, 1.54) is 0 Å². The van der Waals surface area contributed by atoms with E-state index >= 15 is 0 Å². The van der Waals surface area contributed by atoms with Crippen LogP contribution in [0, 0.1) is 0 Å². The number of aromatic amines is 1. The molecule has 1 aromatic heterocycles. The summed E-state index contributed by atoms with van der Waals surface area (Å²) in [4.78, 5) is 20.1. The number of piperazine rings is 1. The first-order valence-electron chi connectivity index (χ1n) is 8.64. The van der Waals surface area contributed by atoms with Crippen molar-refractivity contribution in [2.75, 3.05) is 38.2 Å². The number of hydrogen-bond acceptors (Lipinski definition) is 4. The fourth-order valence-electron chi connectivity index (χ4n) is 3.37. The Bertz CT molecular complexity index is 925. The minimum Gasteiger partial charge on any atom is -0.508 e. The number of methoxy groups -OCH3 is 1. The molecule has 134 valence electrons. The van der Waals surface area contributed by atoms with E-state index in [-0.39, 0.29) is 11.7 Å². The van der Waals surface area contributed by atoms with E-state index in [0.717, 1.165) is 35.4 Å². The number of hydrogen-bond donors (Lipinski definition) is 2. The molecular formula is C20H21N3O3. The molecule has 0 spiro atoms. The standard InChI is InChI=1S/C20H21N3O3/c1-26-17-5-2-15(3-6-17)22-8-10-23(11-9-22)20(25)19-13-14-12-16(24)4-7-18(14)21-19/h2-7,12-13,21,24H,8-11H2,1H3. The van der Waals surface area contributed by atoms with Crippen LogP contribution in [-0.4, -0.2) is 54.2 Å². The van der Waals surface area contributed by atoms with Crippen molar-refractivity contribution in [3.8, 4) is 11.5 Å². The second kappa shape index (κ2) is 6.63. The molecule has 3 aromatic rings. The predicted molar refractivity (Wildman–Crippen MR) is 101 cm³/mol. The van der Waals surface area contributed by atoms with Crippen LogP contribution in [0.1, 0.15) is 10.5 Å². The summed E-state index contributed by atoms with van der Waals surface area (Å²) in [6.07, 6.45) is 0. The summed E-state index contributed by atoms with van der Waals surface area (Å²) >= 11 is 0. The average Bonchev–Trinajstić information content (AvgIpc) is 3.11. The molecule has 2 N–H and O–H groups in total. The van der Waals surface area contributed by atoms with Gasteiger partial charge in [-0.25, -0.2) is 0 Å². The molecule has 0 atom stereocenters. The summed E-state index contributed by atoms with van der Waals surface area (Å²) in [5, 5.41) is 10.4. The van der Waals surface area contributed by atoms with E-state index in [0.29, 0.717) is 18.8 Å². The lowest BCUT2D eigenvalue weighted by atomic mass is 10.2. The third-order valence-corrected chi connectivity index (χ3v) is 4.84. The molecule has 0 aliphatic carbocycles. The molecule has 2 aromatic carbocycles. The van der Waals surface area contributed by atoms with Crippen molar-refractivity contribution < 1.29 is 14.6 Å². The Morgan fingerprint density at radius 2 is 1.77 bits per heavy atom. The third-order valence-electron chi connectivity index (χ3n) is 4.84. The SMILES string of the molecule is COc1ccc(N2CCN(C(=O)c3cc4cc(O)ccc4[nH]3)CC2)cc1. The van der Waals surface area contributed by atoms with Gasteiger partial charge in [0.15, 0.2) is 0 Å². The molecule has 1 aliphatic rings. The Morgan fingerprint density at radius 3 is 2.46 bits per heavy atom. The lowest BCUT2D eigenvalue weighted by Crippen LogP contribution is -2.48. The van der Waals surface area contributed by atoms with Crippen molar-refractivity contribution in [3.05, 3.63) is 54.2 Å². The van der Waals surface area contributed by atoms with Gasteiger partial charge in [0.25, 0.3) is 5.91 Å². The maximum absolute atomic E-state index is 12.8. The molecular weight excluding hydrogens is 330 g/mol. The van der Waals surface area contributed by atoms with Gasteiger partial charge in [0.2, 0.25) is 0 Å². The van der Waals surface area contributed by atoms with Gasteiger partial charge in [-0.15, -0.1) is 0 Å². The number of carbonyl (C=O) groups is 1. The van der Waals surface area contributed by atoms with Crippen LogP contribution in [0.2, 0.25) is 0 Å². The van der Waals surface area contributed by atoms with Crippen LogP contribution in [0.5, 0.6) is 11.5 Å². The monoisotopic (exact) mass is 351 g/mol. The van der Waals surface area contributed by atoms with E-state index in [4.69, 9.17) is 4.74 Å². The quantitative estimate of drug-likeness (QED) is 0.761. The van der Waals surface area contributed by atoms with Gasteiger partial charge in [-0.3, -0.25) is 4.79 Å². The maximum atomic E-state index is 12.8. The Kier molecular flexibility index (Phi) is 4.16. The number of carbonyl (C=O) groups excluding carboxylic acids is 1. The second-order valence-electron chi connectivity index (χ2n) is 6.43. The Hall–Kier alpha value is -3.15. The van der Waals surface area contributed by atoms with E-state index in [9.17, 15) is 9.90 Å². The number of ether oxygens (including phenoxy) is 1. The van der Waals surface area contributed by atoms with Gasteiger partial charge in [0.1, 0.15) is 17.2 Å². The molecule has 4 rings (SSSR count). The number of phenols is 1. The highest BCUT2D eigenvalue weighted by Gasteiger charge is 2.23. The lowest BCUT2D eigenvalue weighted by Gasteiger charge is -2.36. The molecule has 0 unspecified atom stereocenters. The van der Waals surface area contributed by atoms with Crippen LogP contribution in [-0.2, 0) is 0 Å². The number of aromatic nitrogens is 1. The molecule has 2 heterocycles. The van der Waals surface area contributed by atoms with Crippen LogP contribution in [0.25, 0.3) is 10.9 Å². The van der Waals surface area contributed by atoms with Crippen molar-refractivity contribution in [2.24, 2.45) is 0 Å². The minimum atomic E-state index is -0.00456. The second-order valence-corrected chi connectivity index (χ2v) is 6.43. The lowest BCUT2D eigenvalue weighted by molar-refractivity contribution is 0.0742. The van der Waals surface area contributed by atoms with Crippen molar-refractivity contribution in [1.29, 1.82) is 0 Å². The number of nitrogens with one attached hydrogen (secondary N) is 1. The van der Waals surface area contributed by atoms with Crippen LogP contribution >= 0.6 is 0 Å². The number of nitrogens with zero attached hydrogens (tertiary/aromatic N) is 2. The minimum absolute atomic E-state index is 0.00456. The van der Waals surface area contributed by atoms with Crippen LogP contribution in [0.4, 0.5) is 5.69 Å². The van der Waals surface area contributed by atoms with Crippen molar-refractivity contribution >= 4 is 22.5 Å². The summed E-state index contributed by atoms with van der Waals surface area (Å²) in [5.41, 5.74) is 2.55. The number of H-pyrrole nitrogens is 1. The van der Waals surface area contributed by atoms with Crippen molar-refractivity contribution in [1.82, 2.24) is 9.88 Å². The van der Waals surface area contributed by atoms with Gasteiger partial charge in [0.05, 0.1) is 7.11 Å². The molecule has 0 radical (unpaired) electrons. The first kappa shape index (κ1) is 16.3. The third kappa shape index (κ3) is 3.06. The molecule has 6 heteroatoms. The molecule has 0 saturated carbocycles. The van der Waals surface area contributed by atoms with E-state index in [1.807, 2.05) is 29.2 Å². The fourth-order valence-corrected chi connectivity index (χ4v) is 3.37. The van der Waals surface area contributed by atoms with Gasteiger partial charge in [-0.05, 0) is 48.5 Å². The van der Waals surface area contributed by atoms with Gasteiger partial charge in [0, 0.05) is 42.8 Å². The number of fused-ring (bicyclic) bond motifs is 1. The zero-order valence-electron chi connectivity index (χ0n) is 14.6. The highest BCUT2D eigenvalue weighted by atomic mass is 16.5. The normalized spacial score (nSPS) is 14.7. The zero-order chi connectivity index (χ0) is 18.1. The zero-order valence-corrected chi connectivity index (χ0v) is 14.6. The maximum Gasteiger partial charge on any atom is 0.270 e. The van der Waals surface area contributed by atoms with Crippen molar-refractivity contribution in [2.45, 2.75) is 0 Å². The number of benzene rings is 2. The first-order valence-corrected chi connectivity index (χ1v) is 8.64. The summed E-state index contributed by atoms with van der Waals surface area (Å²) in [6.45, 7) is 2.93. The Balaban J connectivity index is 1.43. The van der Waals surface area contributed by atoms with Crippen LogP contribution < -0.4 is 9.64 Å². The average molecular weight is 351 g/mol. The van der Waals surface area contributed by atoms with Crippen LogP contribution in [0.3, 0.4) is 0 Å². The van der Waals surface area contributed by atoms with E-state index in [1.54, 1.807) is 31.4 Å². The topological polar surface area (TPSA) is 68.8 Å². The van der Waals surface area contributed by atoms with E-state index < -0.39 is 0 Å². The van der Waals surface area contributed by atoms with Gasteiger partial charge in [-0.2, -0.15) is 0 Å². The van der Waals surface area contributed by atoms with Gasteiger partial charge >= 0.3 is 0 Å². The van der Waals surface area contributed by atoms with Gasteiger partial charge < -0.3 is 24.6 Å². The Morgan fingerprint density at radius 1 is 1.04 bits per heavy atom. The molecule has 1 fully saturated rings. The van der Waals surface area contributed by atoms with Crippen LogP contribution in [0.15, 0.2) is 48.5 Å². The predicted octanol–water partition coefficient (Wildman–Crippen LogP) is 2.84.